The molecule has 0 fully saturated rings. The molecular formula is C18H16BrFN6O3S. The van der Waals surface area contributed by atoms with E-state index in [1.165, 1.54) is 12.1 Å². The maximum atomic E-state index is 13.6. The van der Waals surface area contributed by atoms with Crippen molar-refractivity contribution in [2.24, 2.45) is 0 Å². The molecule has 0 spiro atoms. The molecule has 2 aromatic carbocycles. The van der Waals surface area contributed by atoms with E-state index in [9.17, 15) is 14.0 Å². The van der Waals surface area contributed by atoms with Crippen LogP contribution in [0.1, 0.15) is 5.82 Å². The highest BCUT2D eigenvalue weighted by Gasteiger charge is 2.15. The second-order valence-electron chi connectivity index (χ2n) is 5.79. The first-order valence-electron chi connectivity index (χ1n) is 8.48. The first kappa shape index (κ1) is 21.6. The zero-order valence-electron chi connectivity index (χ0n) is 15.3. The number of hydrogen-bond acceptors (Lipinski definition) is 7. The molecular weight excluding hydrogens is 479 g/mol. The van der Waals surface area contributed by atoms with Gasteiger partial charge in [-0.2, -0.15) is 0 Å². The minimum absolute atomic E-state index is 0.0610. The molecule has 0 unspecified atom stereocenters. The quantitative estimate of drug-likeness (QED) is 0.340. The monoisotopic (exact) mass is 494 g/mol. The van der Waals surface area contributed by atoms with Crippen molar-refractivity contribution in [2.75, 3.05) is 16.9 Å². The number of aromatic nitrogens is 3. The van der Waals surface area contributed by atoms with Gasteiger partial charge >= 0.3 is 6.03 Å². The lowest BCUT2D eigenvalue weighted by Gasteiger charge is -2.08. The summed E-state index contributed by atoms with van der Waals surface area (Å²) in [6.45, 7) is -0.104. The number of nitrogens with two attached hydrogens (primary N) is 1. The third kappa shape index (κ3) is 5.94. The molecule has 1 aromatic heterocycles. The molecule has 0 saturated carbocycles. The van der Waals surface area contributed by atoms with E-state index in [-0.39, 0.29) is 29.1 Å². The Morgan fingerprint density at radius 1 is 1.17 bits per heavy atom. The van der Waals surface area contributed by atoms with Crippen LogP contribution in [0, 0.1) is 5.82 Å². The summed E-state index contributed by atoms with van der Waals surface area (Å²) in [6.07, 6.45) is 0. The summed E-state index contributed by atoms with van der Waals surface area (Å²) >= 11 is 4.28. The van der Waals surface area contributed by atoms with Crippen molar-refractivity contribution in [1.29, 1.82) is 0 Å². The minimum atomic E-state index is -0.656. The fraction of sp³-hybridized carbons (Fsp3) is 0.111. The summed E-state index contributed by atoms with van der Waals surface area (Å²) in [5.74, 6) is 5.04. The lowest BCUT2D eigenvalue weighted by molar-refractivity contribution is -0.117. The van der Waals surface area contributed by atoms with Crippen molar-refractivity contribution in [3.63, 3.8) is 0 Å². The number of nitrogens with one attached hydrogen (secondary N) is 2. The molecule has 0 bridgehead atoms. The first-order valence-corrected chi connectivity index (χ1v) is 10.3. The average molecular weight is 495 g/mol. The summed E-state index contributed by atoms with van der Waals surface area (Å²) in [5.41, 5.74) is 0.539. The Kier molecular flexibility index (Phi) is 7.25. The molecule has 1 heterocycles. The minimum Gasteiger partial charge on any atom is -0.482 e. The molecule has 9 nitrogen and oxygen atoms in total. The molecule has 3 amide bonds. The van der Waals surface area contributed by atoms with E-state index in [4.69, 9.17) is 10.6 Å². The Morgan fingerprint density at radius 2 is 1.90 bits per heavy atom. The molecule has 0 aliphatic carbocycles. The Hall–Kier alpha value is -3.12. The van der Waals surface area contributed by atoms with Crippen molar-refractivity contribution in [3.8, 4) is 5.75 Å². The molecule has 0 aliphatic rings. The summed E-state index contributed by atoms with van der Waals surface area (Å²) < 4.78 is 20.9. The largest absolute Gasteiger partial charge is 0.482 e. The van der Waals surface area contributed by atoms with Gasteiger partial charge in [-0.05, 0) is 36.4 Å². The molecule has 3 rings (SSSR count). The average Bonchev–Trinajstić information content (AvgIpc) is 3.07. The number of halogens is 2. The van der Waals surface area contributed by atoms with Crippen LogP contribution in [0.25, 0.3) is 0 Å². The van der Waals surface area contributed by atoms with Gasteiger partial charge in [-0.25, -0.2) is 13.9 Å². The molecule has 30 heavy (non-hydrogen) atoms. The second-order valence-corrected chi connectivity index (χ2v) is 7.64. The van der Waals surface area contributed by atoms with Gasteiger partial charge < -0.3 is 15.9 Å². The van der Waals surface area contributed by atoms with E-state index in [1.807, 2.05) is 0 Å². The SMILES string of the molecule is Nn1c(COc2ccccc2F)nnc1SCC(=O)NC(=O)Nc1ccc(Br)cc1. The summed E-state index contributed by atoms with van der Waals surface area (Å²) in [7, 11) is 0. The van der Waals surface area contributed by atoms with E-state index in [0.717, 1.165) is 20.9 Å². The van der Waals surface area contributed by atoms with Crippen molar-refractivity contribution < 1.29 is 18.7 Å². The van der Waals surface area contributed by atoms with Gasteiger partial charge in [-0.1, -0.05) is 39.8 Å². The predicted octanol–water partition coefficient (Wildman–Crippen LogP) is 2.91. The number of hydrogen-bond donors (Lipinski definition) is 3. The molecule has 12 heteroatoms. The van der Waals surface area contributed by atoms with Gasteiger partial charge in [0.25, 0.3) is 0 Å². The fourth-order valence-corrected chi connectivity index (χ4v) is 3.14. The van der Waals surface area contributed by atoms with Gasteiger partial charge in [0.05, 0.1) is 5.75 Å². The molecule has 0 saturated heterocycles. The van der Waals surface area contributed by atoms with Gasteiger partial charge in [-0.15, -0.1) is 10.2 Å². The first-order chi connectivity index (χ1) is 14.4. The van der Waals surface area contributed by atoms with Gasteiger partial charge in [0.15, 0.2) is 17.4 Å². The van der Waals surface area contributed by atoms with Crippen LogP contribution in [0.2, 0.25) is 0 Å². The number of urea groups is 1. The Balaban J connectivity index is 1.47. The van der Waals surface area contributed by atoms with Crippen LogP contribution in [-0.4, -0.2) is 32.6 Å². The maximum Gasteiger partial charge on any atom is 0.325 e. The van der Waals surface area contributed by atoms with Gasteiger partial charge in [0.2, 0.25) is 11.1 Å². The van der Waals surface area contributed by atoms with E-state index < -0.39 is 17.8 Å². The van der Waals surface area contributed by atoms with Gasteiger partial charge in [0, 0.05) is 10.2 Å². The number of carbonyl (C=O) groups excluding carboxylic acids is 2. The standard InChI is InChI=1S/C18H16BrFN6O3S/c19-11-5-7-12(8-6-11)22-17(28)23-16(27)10-30-18-25-24-15(26(18)21)9-29-14-4-2-1-3-13(14)20/h1-8H,9-10,21H2,(H2,22,23,27,28). The van der Waals surface area contributed by atoms with Crippen LogP contribution in [-0.2, 0) is 11.4 Å². The van der Waals surface area contributed by atoms with Crippen LogP contribution < -0.4 is 21.2 Å². The highest BCUT2D eigenvalue weighted by molar-refractivity contribution is 9.10. The Bertz CT molecular complexity index is 1050. The van der Waals surface area contributed by atoms with Crippen LogP contribution >= 0.6 is 27.7 Å². The van der Waals surface area contributed by atoms with Crippen molar-refractivity contribution in [2.45, 2.75) is 11.8 Å². The van der Waals surface area contributed by atoms with Crippen molar-refractivity contribution in [3.05, 3.63) is 64.6 Å². The van der Waals surface area contributed by atoms with E-state index in [2.05, 4.69) is 36.8 Å². The second kappa shape index (κ2) is 10.1. The third-order valence-electron chi connectivity index (χ3n) is 3.62. The molecule has 0 atom stereocenters. The normalized spacial score (nSPS) is 10.5. The lowest BCUT2D eigenvalue weighted by atomic mass is 10.3. The summed E-state index contributed by atoms with van der Waals surface area (Å²) in [5, 5.41) is 12.7. The number of anilines is 1. The topological polar surface area (TPSA) is 124 Å². The maximum absolute atomic E-state index is 13.6. The van der Waals surface area contributed by atoms with E-state index >= 15 is 0 Å². The number of para-hydroxylation sites is 1. The van der Waals surface area contributed by atoms with E-state index in [1.54, 1.807) is 36.4 Å². The van der Waals surface area contributed by atoms with Gasteiger partial charge in [0.1, 0.15) is 6.61 Å². The highest BCUT2D eigenvalue weighted by atomic mass is 79.9. The Labute approximate surface area is 183 Å². The molecule has 156 valence electrons. The van der Waals surface area contributed by atoms with E-state index in [0.29, 0.717) is 5.69 Å². The number of nitrogens with zero attached hydrogens (tertiary/aromatic N) is 3. The van der Waals surface area contributed by atoms with Crippen molar-refractivity contribution in [1.82, 2.24) is 20.2 Å². The van der Waals surface area contributed by atoms with Crippen LogP contribution in [0.3, 0.4) is 0 Å². The fourth-order valence-electron chi connectivity index (χ4n) is 2.20. The number of thioether (sulfide) groups is 1. The number of benzene rings is 2. The summed E-state index contributed by atoms with van der Waals surface area (Å²) in [6, 6.07) is 12.2. The zero-order valence-corrected chi connectivity index (χ0v) is 17.7. The van der Waals surface area contributed by atoms with Crippen molar-refractivity contribution >= 4 is 45.3 Å². The number of ether oxygens (including phenoxy) is 1. The third-order valence-corrected chi connectivity index (χ3v) is 5.09. The number of imide groups is 1. The lowest BCUT2D eigenvalue weighted by Crippen LogP contribution is -2.35. The molecule has 0 radical (unpaired) electrons. The molecule has 4 N–H and O–H groups in total. The molecule has 3 aromatic rings. The summed E-state index contributed by atoms with van der Waals surface area (Å²) in [4.78, 5) is 23.8. The number of rotatable bonds is 7. The predicted molar refractivity (Wildman–Crippen MR) is 113 cm³/mol. The Morgan fingerprint density at radius 3 is 2.63 bits per heavy atom. The number of nitrogen functional groups attached to an aromatic ring is 1. The van der Waals surface area contributed by atoms with Gasteiger partial charge in [-0.3, -0.25) is 10.1 Å². The molecule has 0 aliphatic heterocycles. The number of amides is 3. The van der Waals surface area contributed by atoms with Crippen LogP contribution in [0.5, 0.6) is 5.75 Å². The zero-order chi connectivity index (χ0) is 21.5. The van der Waals surface area contributed by atoms with Crippen LogP contribution in [0.4, 0.5) is 14.9 Å². The smallest absolute Gasteiger partial charge is 0.325 e. The highest BCUT2D eigenvalue weighted by Crippen LogP contribution is 2.18. The van der Waals surface area contributed by atoms with Crippen LogP contribution in [0.15, 0.2) is 58.2 Å². The number of carbonyl (C=O) groups is 2.